The maximum atomic E-state index is 12.9. The van der Waals surface area contributed by atoms with Crippen molar-refractivity contribution in [2.45, 2.75) is 38.6 Å². The summed E-state index contributed by atoms with van der Waals surface area (Å²) in [4.78, 5) is 28.9. The van der Waals surface area contributed by atoms with Crippen LogP contribution in [0.2, 0.25) is 0 Å². The summed E-state index contributed by atoms with van der Waals surface area (Å²) >= 11 is 1.68. The number of hydrogen-bond donors (Lipinski definition) is 3. The van der Waals surface area contributed by atoms with Crippen molar-refractivity contribution in [3.8, 4) is 5.69 Å². The number of carbonyl (C=O) groups excluding carboxylic acids is 1. The van der Waals surface area contributed by atoms with Gasteiger partial charge in [0, 0.05) is 16.8 Å². The van der Waals surface area contributed by atoms with Crippen LogP contribution in [0, 0.1) is 12.8 Å². The fourth-order valence-electron chi connectivity index (χ4n) is 4.01. The van der Waals surface area contributed by atoms with Crippen LogP contribution >= 0.6 is 11.3 Å². The molecular formula is C21H24N4O2S. The Labute approximate surface area is 167 Å². The second-order valence-electron chi connectivity index (χ2n) is 7.22. The molecule has 1 saturated carbocycles. The lowest BCUT2D eigenvalue weighted by molar-refractivity contribution is 0.243. The van der Waals surface area contributed by atoms with E-state index in [9.17, 15) is 9.59 Å². The lowest BCUT2D eigenvalue weighted by Gasteiger charge is -2.24. The number of nitrogens with zero attached hydrogens (tertiary/aromatic N) is 1. The van der Waals surface area contributed by atoms with Gasteiger partial charge in [0.1, 0.15) is 0 Å². The van der Waals surface area contributed by atoms with Crippen LogP contribution in [-0.4, -0.2) is 15.6 Å². The molecule has 28 heavy (non-hydrogen) atoms. The van der Waals surface area contributed by atoms with E-state index in [0.717, 1.165) is 18.5 Å². The molecule has 7 heteroatoms. The first-order valence-corrected chi connectivity index (χ1v) is 10.5. The predicted molar refractivity (Wildman–Crippen MR) is 112 cm³/mol. The van der Waals surface area contributed by atoms with E-state index >= 15 is 0 Å². The molecule has 6 nitrogen and oxygen atoms in total. The number of nitrogens with one attached hydrogen (secondary N) is 3. The van der Waals surface area contributed by atoms with Crippen molar-refractivity contribution in [2.75, 3.05) is 5.32 Å². The third-order valence-corrected chi connectivity index (χ3v) is 6.32. The molecule has 4 rings (SSSR count). The normalized spacial score (nSPS) is 15.5. The zero-order chi connectivity index (χ0) is 19.5. The number of carbonyl (C=O) groups is 1. The Bertz CT molecular complexity index is 1000. The zero-order valence-electron chi connectivity index (χ0n) is 15.8. The number of aromatic amines is 1. The third kappa shape index (κ3) is 3.75. The second kappa shape index (κ2) is 8.06. The highest BCUT2D eigenvalue weighted by Gasteiger charge is 2.28. The second-order valence-corrected chi connectivity index (χ2v) is 8.20. The SMILES string of the molecule is Cc1c[nH]c(=O)n1-c1ccccc1NC(=O)NC(c1cccs1)C1CCCC1. The molecule has 1 fully saturated rings. The Balaban J connectivity index is 1.56. The largest absolute Gasteiger partial charge is 0.330 e. The molecule has 0 saturated heterocycles. The highest BCUT2D eigenvalue weighted by Crippen LogP contribution is 2.37. The molecule has 2 amide bonds. The van der Waals surface area contributed by atoms with Crippen LogP contribution in [-0.2, 0) is 0 Å². The van der Waals surface area contributed by atoms with Gasteiger partial charge in [-0.05, 0) is 49.3 Å². The van der Waals surface area contributed by atoms with Crippen LogP contribution in [0.25, 0.3) is 5.69 Å². The average Bonchev–Trinajstić information content (AvgIpc) is 3.44. The third-order valence-electron chi connectivity index (χ3n) is 5.36. The molecule has 1 aromatic carbocycles. The maximum Gasteiger partial charge on any atom is 0.330 e. The first kappa shape index (κ1) is 18.6. The Morgan fingerprint density at radius 1 is 1.21 bits per heavy atom. The first-order valence-electron chi connectivity index (χ1n) is 9.61. The molecule has 1 atom stereocenters. The minimum atomic E-state index is -0.251. The summed E-state index contributed by atoms with van der Waals surface area (Å²) in [6.45, 7) is 1.85. The summed E-state index contributed by atoms with van der Waals surface area (Å²) < 4.78 is 1.56. The molecule has 0 bridgehead atoms. The molecule has 146 valence electrons. The Hall–Kier alpha value is -2.80. The van der Waals surface area contributed by atoms with Crippen molar-refractivity contribution in [1.29, 1.82) is 0 Å². The molecule has 1 aliphatic carbocycles. The van der Waals surface area contributed by atoms with E-state index in [2.05, 4.69) is 21.7 Å². The molecule has 0 aliphatic heterocycles. The van der Waals surface area contributed by atoms with E-state index in [1.54, 1.807) is 22.1 Å². The van der Waals surface area contributed by atoms with Gasteiger partial charge >= 0.3 is 11.7 Å². The fraction of sp³-hybridized carbons (Fsp3) is 0.333. The summed E-state index contributed by atoms with van der Waals surface area (Å²) in [5, 5.41) is 8.18. The molecule has 1 aliphatic rings. The standard InChI is InChI=1S/C21H24N4O2S/c1-14-13-22-21(27)25(14)17-10-5-4-9-16(17)23-20(26)24-19(15-7-2-3-8-15)18-11-6-12-28-18/h4-6,9-13,15,19H,2-3,7-8H2,1H3,(H,22,27)(H2,23,24,26). The number of rotatable bonds is 5. The van der Waals surface area contributed by atoms with Crippen LogP contribution in [0.4, 0.5) is 10.5 Å². The van der Waals surface area contributed by atoms with Gasteiger partial charge in [-0.25, -0.2) is 9.59 Å². The summed E-state index contributed by atoms with van der Waals surface area (Å²) in [6.07, 6.45) is 6.36. The van der Waals surface area contributed by atoms with Crippen molar-refractivity contribution in [3.63, 3.8) is 0 Å². The van der Waals surface area contributed by atoms with Crippen LogP contribution < -0.4 is 16.3 Å². The summed E-state index contributed by atoms with van der Waals surface area (Å²) in [5.74, 6) is 0.467. The number of benzene rings is 1. The number of para-hydroxylation sites is 2. The van der Waals surface area contributed by atoms with Gasteiger partial charge < -0.3 is 15.6 Å². The van der Waals surface area contributed by atoms with Gasteiger partial charge in [0.25, 0.3) is 0 Å². The monoisotopic (exact) mass is 396 g/mol. The maximum absolute atomic E-state index is 12.9. The molecule has 1 unspecified atom stereocenters. The van der Waals surface area contributed by atoms with Crippen LogP contribution in [0.5, 0.6) is 0 Å². The van der Waals surface area contributed by atoms with Crippen molar-refractivity contribution >= 4 is 23.1 Å². The first-order chi connectivity index (χ1) is 13.6. The quantitative estimate of drug-likeness (QED) is 0.590. The van der Waals surface area contributed by atoms with E-state index < -0.39 is 0 Å². The number of urea groups is 1. The number of thiophene rings is 1. The van der Waals surface area contributed by atoms with E-state index in [-0.39, 0.29) is 17.8 Å². The van der Waals surface area contributed by atoms with Gasteiger partial charge in [0.05, 0.1) is 17.4 Å². The lowest BCUT2D eigenvalue weighted by Crippen LogP contribution is -2.36. The van der Waals surface area contributed by atoms with Gasteiger partial charge in [-0.2, -0.15) is 0 Å². The van der Waals surface area contributed by atoms with E-state index in [0.29, 0.717) is 17.3 Å². The topological polar surface area (TPSA) is 78.9 Å². The smallest absolute Gasteiger partial charge is 0.330 e. The van der Waals surface area contributed by atoms with E-state index in [4.69, 9.17) is 0 Å². The summed E-state index contributed by atoms with van der Waals surface area (Å²) in [7, 11) is 0. The highest BCUT2D eigenvalue weighted by atomic mass is 32.1. The van der Waals surface area contributed by atoms with Crippen molar-refractivity contribution < 1.29 is 4.79 Å². The highest BCUT2D eigenvalue weighted by molar-refractivity contribution is 7.10. The molecule has 3 aromatic rings. The minimum Gasteiger partial charge on any atom is -0.330 e. The number of aryl methyl sites for hydroxylation is 1. The van der Waals surface area contributed by atoms with Crippen LogP contribution in [0.1, 0.15) is 42.3 Å². The van der Waals surface area contributed by atoms with Crippen molar-refractivity contribution in [2.24, 2.45) is 5.92 Å². The summed E-state index contributed by atoms with van der Waals surface area (Å²) in [6, 6.07) is 11.2. The number of hydrogen-bond acceptors (Lipinski definition) is 3. The van der Waals surface area contributed by atoms with Gasteiger partial charge in [-0.1, -0.05) is 31.0 Å². The molecule has 0 spiro atoms. The minimum absolute atomic E-state index is 0.0198. The van der Waals surface area contributed by atoms with E-state index in [1.165, 1.54) is 17.7 Å². The lowest BCUT2D eigenvalue weighted by atomic mass is 9.97. The molecule has 2 aromatic heterocycles. The van der Waals surface area contributed by atoms with E-state index in [1.807, 2.05) is 42.6 Å². The van der Waals surface area contributed by atoms with Gasteiger partial charge in [-0.15, -0.1) is 11.3 Å². The molecule has 2 heterocycles. The summed E-state index contributed by atoms with van der Waals surface area (Å²) in [5.41, 5.74) is 1.80. The van der Waals surface area contributed by atoms with Gasteiger partial charge in [-0.3, -0.25) is 4.57 Å². The fourth-order valence-corrected chi connectivity index (χ4v) is 4.88. The molecular weight excluding hydrogens is 372 g/mol. The zero-order valence-corrected chi connectivity index (χ0v) is 16.6. The number of anilines is 1. The molecule has 0 radical (unpaired) electrons. The number of H-pyrrole nitrogens is 1. The average molecular weight is 397 g/mol. The van der Waals surface area contributed by atoms with Crippen molar-refractivity contribution in [3.05, 3.63) is 69.0 Å². The number of aromatic nitrogens is 2. The predicted octanol–water partition coefficient (Wildman–Crippen LogP) is 4.59. The number of amides is 2. The number of imidazole rings is 1. The Morgan fingerprint density at radius 2 is 2.00 bits per heavy atom. The Kier molecular flexibility index (Phi) is 5.34. The van der Waals surface area contributed by atoms with Crippen LogP contribution in [0.3, 0.4) is 0 Å². The molecule has 3 N–H and O–H groups in total. The van der Waals surface area contributed by atoms with Gasteiger partial charge in [0.15, 0.2) is 0 Å². The van der Waals surface area contributed by atoms with Crippen LogP contribution in [0.15, 0.2) is 52.8 Å². The Morgan fingerprint density at radius 3 is 2.68 bits per heavy atom. The van der Waals surface area contributed by atoms with Gasteiger partial charge in [0.2, 0.25) is 0 Å². The van der Waals surface area contributed by atoms with Crippen molar-refractivity contribution in [1.82, 2.24) is 14.9 Å².